The zero-order valence-electron chi connectivity index (χ0n) is 9.63. The minimum absolute atomic E-state index is 0.0754. The van der Waals surface area contributed by atoms with E-state index in [-0.39, 0.29) is 5.92 Å². The molecule has 0 N–H and O–H groups in total. The van der Waals surface area contributed by atoms with Crippen LogP contribution in [0, 0.1) is 17.2 Å². The molecule has 3 nitrogen and oxygen atoms in total. The van der Waals surface area contributed by atoms with Gasteiger partial charge < -0.3 is 0 Å². The largest absolute Gasteiger partial charge is 0.265 e. The number of nitrogens with zero attached hydrogens (tertiary/aromatic N) is 3. The molecule has 0 fully saturated rings. The van der Waals surface area contributed by atoms with Crippen molar-refractivity contribution < 1.29 is 0 Å². The molecule has 0 aliphatic rings. The average Bonchev–Trinajstić information content (AvgIpc) is 2.85. The average molecular weight is 243 g/mol. The summed E-state index contributed by atoms with van der Waals surface area (Å²) < 4.78 is 0. The third-order valence-electron chi connectivity index (χ3n) is 2.62. The van der Waals surface area contributed by atoms with Gasteiger partial charge in [0.25, 0.3) is 0 Å². The first-order chi connectivity index (χ1) is 8.33. The summed E-state index contributed by atoms with van der Waals surface area (Å²) in [5.74, 6) is 0.0754. The van der Waals surface area contributed by atoms with Gasteiger partial charge in [-0.3, -0.25) is 4.98 Å². The first kappa shape index (κ1) is 11.7. The highest BCUT2D eigenvalue weighted by molar-refractivity contribution is 7.09. The summed E-state index contributed by atoms with van der Waals surface area (Å²) in [6.07, 6.45) is 5.15. The molecule has 0 aliphatic carbocycles. The number of thiazole rings is 1. The summed E-state index contributed by atoms with van der Waals surface area (Å²) in [5.41, 5.74) is 2.05. The first-order valence-corrected chi connectivity index (χ1v) is 6.46. The number of hydrogen-bond donors (Lipinski definition) is 0. The molecule has 86 valence electrons. The molecule has 2 rings (SSSR count). The van der Waals surface area contributed by atoms with E-state index < -0.39 is 0 Å². The predicted octanol–water partition coefficient (Wildman–Crippen LogP) is 3.30. The Hall–Kier alpha value is -1.73. The molecule has 0 bridgehead atoms. The van der Waals surface area contributed by atoms with Crippen molar-refractivity contribution in [2.45, 2.75) is 19.8 Å². The molecular formula is C13H13N3S. The van der Waals surface area contributed by atoms with Gasteiger partial charge in [-0.15, -0.1) is 11.3 Å². The van der Waals surface area contributed by atoms with Gasteiger partial charge in [0.1, 0.15) is 0 Å². The van der Waals surface area contributed by atoms with Crippen molar-refractivity contribution in [2.24, 2.45) is 5.92 Å². The SMILES string of the molecule is CCC(C#N)Cc1nc(-c2ccncc2)cs1. The van der Waals surface area contributed by atoms with Crippen LogP contribution in [0.3, 0.4) is 0 Å². The zero-order valence-corrected chi connectivity index (χ0v) is 10.4. The molecule has 0 radical (unpaired) electrons. The lowest BCUT2D eigenvalue weighted by molar-refractivity contribution is 0.636. The number of nitriles is 1. The van der Waals surface area contributed by atoms with Crippen molar-refractivity contribution in [2.75, 3.05) is 0 Å². The van der Waals surface area contributed by atoms with E-state index in [2.05, 4.69) is 16.0 Å². The Bertz CT molecular complexity index is 513. The van der Waals surface area contributed by atoms with Crippen LogP contribution in [0.4, 0.5) is 0 Å². The van der Waals surface area contributed by atoms with Crippen LogP contribution in [-0.4, -0.2) is 9.97 Å². The van der Waals surface area contributed by atoms with Crippen molar-refractivity contribution in [3.05, 3.63) is 34.9 Å². The maximum atomic E-state index is 8.93. The number of hydrogen-bond acceptors (Lipinski definition) is 4. The molecule has 2 heterocycles. The van der Waals surface area contributed by atoms with E-state index in [1.54, 1.807) is 23.7 Å². The summed E-state index contributed by atoms with van der Waals surface area (Å²) in [7, 11) is 0. The normalized spacial score (nSPS) is 12.0. The van der Waals surface area contributed by atoms with E-state index >= 15 is 0 Å². The third kappa shape index (κ3) is 2.89. The molecule has 1 unspecified atom stereocenters. The summed E-state index contributed by atoms with van der Waals surface area (Å²) in [5, 5.41) is 12.0. The quantitative estimate of drug-likeness (QED) is 0.827. The maximum absolute atomic E-state index is 8.93. The zero-order chi connectivity index (χ0) is 12.1. The minimum atomic E-state index is 0.0754. The fourth-order valence-corrected chi connectivity index (χ4v) is 2.44. The topological polar surface area (TPSA) is 49.6 Å². The molecule has 0 saturated carbocycles. The summed E-state index contributed by atoms with van der Waals surface area (Å²) >= 11 is 1.62. The van der Waals surface area contributed by atoms with E-state index in [0.717, 1.165) is 29.1 Å². The Labute approximate surface area is 105 Å². The Balaban J connectivity index is 2.14. The number of pyridine rings is 1. The second-order valence-electron chi connectivity index (χ2n) is 3.80. The molecule has 0 aliphatic heterocycles. The molecular weight excluding hydrogens is 230 g/mol. The molecule has 1 atom stereocenters. The maximum Gasteiger partial charge on any atom is 0.0945 e. The van der Waals surface area contributed by atoms with E-state index in [4.69, 9.17) is 5.26 Å². The van der Waals surface area contributed by atoms with Gasteiger partial charge in [-0.25, -0.2) is 4.98 Å². The summed E-state index contributed by atoms with van der Waals surface area (Å²) in [4.78, 5) is 8.54. The molecule has 2 aromatic heterocycles. The Morgan fingerprint density at radius 2 is 2.18 bits per heavy atom. The van der Waals surface area contributed by atoms with Crippen LogP contribution < -0.4 is 0 Å². The van der Waals surface area contributed by atoms with Gasteiger partial charge in [0, 0.05) is 29.8 Å². The lowest BCUT2D eigenvalue weighted by Crippen LogP contribution is -1.99. The van der Waals surface area contributed by atoms with Gasteiger partial charge in [0.05, 0.1) is 22.7 Å². The van der Waals surface area contributed by atoms with Crippen molar-refractivity contribution in [1.29, 1.82) is 5.26 Å². The lowest BCUT2D eigenvalue weighted by atomic mass is 10.1. The van der Waals surface area contributed by atoms with E-state index in [9.17, 15) is 0 Å². The van der Waals surface area contributed by atoms with E-state index in [1.165, 1.54) is 0 Å². The van der Waals surface area contributed by atoms with Crippen LogP contribution in [0.1, 0.15) is 18.4 Å². The van der Waals surface area contributed by atoms with Crippen LogP contribution in [0.15, 0.2) is 29.9 Å². The van der Waals surface area contributed by atoms with Crippen LogP contribution in [0.25, 0.3) is 11.3 Å². The number of aromatic nitrogens is 2. The molecule has 0 spiro atoms. The molecule has 0 amide bonds. The highest BCUT2D eigenvalue weighted by Gasteiger charge is 2.10. The minimum Gasteiger partial charge on any atom is -0.265 e. The van der Waals surface area contributed by atoms with Gasteiger partial charge >= 0.3 is 0 Å². The summed E-state index contributed by atoms with van der Waals surface area (Å²) in [6.45, 7) is 2.03. The molecule has 0 saturated heterocycles. The molecule has 2 aromatic rings. The fraction of sp³-hybridized carbons (Fsp3) is 0.308. The second-order valence-corrected chi connectivity index (χ2v) is 4.74. The fourth-order valence-electron chi connectivity index (χ4n) is 1.55. The first-order valence-electron chi connectivity index (χ1n) is 5.58. The van der Waals surface area contributed by atoms with Crippen LogP contribution in [0.2, 0.25) is 0 Å². The monoisotopic (exact) mass is 243 g/mol. The Morgan fingerprint density at radius 3 is 2.82 bits per heavy atom. The number of rotatable bonds is 4. The van der Waals surface area contributed by atoms with Crippen LogP contribution >= 0.6 is 11.3 Å². The predicted molar refractivity (Wildman–Crippen MR) is 68.4 cm³/mol. The van der Waals surface area contributed by atoms with Gasteiger partial charge in [0.15, 0.2) is 0 Å². The van der Waals surface area contributed by atoms with Gasteiger partial charge in [0.2, 0.25) is 0 Å². The Kier molecular flexibility index (Phi) is 3.84. The Morgan fingerprint density at radius 1 is 1.41 bits per heavy atom. The molecule has 17 heavy (non-hydrogen) atoms. The van der Waals surface area contributed by atoms with E-state index in [1.807, 2.05) is 24.4 Å². The highest BCUT2D eigenvalue weighted by atomic mass is 32.1. The van der Waals surface area contributed by atoms with Crippen molar-refractivity contribution in [1.82, 2.24) is 9.97 Å². The van der Waals surface area contributed by atoms with Crippen LogP contribution in [-0.2, 0) is 6.42 Å². The molecule has 0 aromatic carbocycles. The van der Waals surface area contributed by atoms with Gasteiger partial charge in [-0.1, -0.05) is 6.92 Å². The highest BCUT2D eigenvalue weighted by Crippen LogP contribution is 2.23. The summed E-state index contributed by atoms with van der Waals surface area (Å²) in [6, 6.07) is 6.20. The van der Waals surface area contributed by atoms with Crippen molar-refractivity contribution in [3.63, 3.8) is 0 Å². The van der Waals surface area contributed by atoms with E-state index in [0.29, 0.717) is 0 Å². The van der Waals surface area contributed by atoms with Gasteiger partial charge in [-0.05, 0) is 18.6 Å². The molecule has 4 heteroatoms. The van der Waals surface area contributed by atoms with Crippen molar-refractivity contribution >= 4 is 11.3 Å². The van der Waals surface area contributed by atoms with Crippen molar-refractivity contribution in [3.8, 4) is 17.3 Å². The second kappa shape index (κ2) is 5.55. The third-order valence-corrected chi connectivity index (χ3v) is 3.50. The smallest absolute Gasteiger partial charge is 0.0945 e. The van der Waals surface area contributed by atoms with Gasteiger partial charge in [-0.2, -0.15) is 5.26 Å². The standard InChI is InChI=1S/C13H13N3S/c1-2-10(8-14)7-13-16-12(9-17-13)11-3-5-15-6-4-11/h3-6,9-10H,2,7H2,1H3. The lowest BCUT2D eigenvalue weighted by Gasteiger charge is -2.01. The van der Waals surface area contributed by atoms with Crippen LogP contribution in [0.5, 0.6) is 0 Å².